The van der Waals surface area contributed by atoms with Gasteiger partial charge < -0.3 is 19.9 Å². The van der Waals surface area contributed by atoms with Crippen LogP contribution in [0.4, 0.5) is 0 Å². The van der Waals surface area contributed by atoms with Gasteiger partial charge in [0.2, 0.25) is 0 Å². The van der Waals surface area contributed by atoms with Gasteiger partial charge in [-0.05, 0) is 18.2 Å². The molecule has 0 heterocycles. The number of para-hydroxylation sites is 1. The summed E-state index contributed by atoms with van der Waals surface area (Å²) >= 11 is 18.0. The Morgan fingerprint density at radius 1 is 0.957 bits per heavy atom. The molecular weight excluding hydrogens is 361 g/mol. The molecule has 0 bridgehead atoms. The number of hydrogen-bond donors (Lipinski definition) is 1. The third-order valence-electron chi connectivity index (χ3n) is 3.04. The molecule has 4 nitrogen and oxygen atoms in total. The molecule has 0 radical (unpaired) electrons. The fraction of sp³-hybridized carbons (Fsp3) is 0.250. The number of halogens is 3. The first-order valence-electron chi connectivity index (χ1n) is 6.83. The van der Waals surface area contributed by atoms with Crippen LogP contribution in [0.25, 0.3) is 0 Å². The smallest absolute Gasteiger partial charge is 0.165 e. The van der Waals surface area contributed by atoms with E-state index in [4.69, 9.17) is 54.7 Å². The van der Waals surface area contributed by atoms with Crippen molar-refractivity contribution in [2.75, 3.05) is 20.3 Å². The minimum absolute atomic E-state index is 0.253. The van der Waals surface area contributed by atoms with Crippen LogP contribution < -0.4 is 19.9 Å². The van der Waals surface area contributed by atoms with E-state index in [2.05, 4.69) is 0 Å². The first kappa shape index (κ1) is 18.0. The number of rotatable bonds is 7. The Morgan fingerprint density at radius 3 is 2.13 bits per heavy atom. The van der Waals surface area contributed by atoms with Gasteiger partial charge in [-0.3, -0.25) is 0 Å². The summed E-state index contributed by atoms with van der Waals surface area (Å²) in [6, 6.07) is 8.68. The molecule has 0 fully saturated rings. The van der Waals surface area contributed by atoms with E-state index < -0.39 is 0 Å². The zero-order valence-electron chi connectivity index (χ0n) is 12.4. The molecule has 0 spiro atoms. The van der Waals surface area contributed by atoms with E-state index in [1.54, 1.807) is 19.2 Å². The summed E-state index contributed by atoms with van der Waals surface area (Å²) in [5, 5.41) is 1.15. The first-order chi connectivity index (χ1) is 11.1. The molecule has 23 heavy (non-hydrogen) atoms. The summed E-state index contributed by atoms with van der Waals surface area (Å²) in [5.74, 6) is 1.60. The lowest BCUT2D eigenvalue weighted by atomic mass is 10.2. The Bertz CT molecular complexity index is 634. The average molecular weight is 377 g/mol. The van der Waals surface area contributed by atoms with Crippen molar-refractivity contribution < 1.29 is 14.2 Å². The van der Waals surface area contributed by atoms with Crippen LogP contribution in [-0.4, -0.2) is 20.3 Å². The molecule has 0 aromatic heterocycles. The zero-order chi connectivity index (χ0) is 16.8. The van der Waals surface area contributed by atoms with Gasteiger partial charge in [0.15, 0.2) is 17.2 Å². The number of nitrogens with two attached hydrogens (primary N) is 1. The lowest BCUT2D eigenvalue weighted by molar-refractivity contribution is 0.210. The topological polar surface area (TPSA) is 53.7 Å². The fourth-order valence-electron chi connectivity index (χ4n) is 2.00. The molecule has 124 valence electrons. The van der Waals surface area contributed by atoms with Crippen LogP contribution in [0.5, 0.6) is 17.2 Å². The van der Waals surface area contributed by atoms with Crippen LogP contribution in [-0.2, 0) is 6.54 Å². The normalized spacial score (nSPS) is 10.5. The highest BCUT2D eigenvalue weighted by atomic mass is 35.5. The van der Waals surface area contributed by atoms with Gasteiger partial charge in [0, 0.05) is 17.1 Å². The third kappa shape index (κ3) is 4.58. The number of ether oxygens (including phenoxy) is 3. The van der Waals surface area contributed by atoms with Gasteiger partial charge >= 0.3 is 0 Å². The summed E-state index contributed by atoms with van der Waals surface area (Å²) in [5.41, 5.74) is 6.56. The predicted octanol–water partition coefficient (Wildman–Crippen LogP) is 4.57. The second kappa shape index (κ2) is 8.50. The third-order valence-corrected chi connectivity index (χ3v) is 3.82. The molecule has 0 saturated heterocycles. The predicted molar refractivity (Wildman–Crippen MR) is 93.3 cm³/mol. The minimum Gasteiger partial charge on any atom is -0.493 e. The van der Waals surface area contributed by atoms with Crippen molar-refractivity contribution in [3.63, 3.8) is 0 Å². The number of benzene rings is 2. The SMILES string of the molecule is COc1cccc(CN)c1OCCOc1c(Cl)cc(Cl)cc1Cl. The second-order valence-electron chi connectivity index (χ2n) is 4.55. The van der Waals surface area contributed by atoms with Crippen molar-refractivity contribution in [3.8, 4) is 17.2 Å². The van der Waals surface area contributed by atoms with Gasteiger partial charge in [-0.15, -0.1) is 0 Å². The Kier molecular flexibility index (Phi) is 6.66. The Balaban J connectivity index is 1.99. The number of hydrogen-bond acceptors (Lipinski definition) is 4. The maximum absolute atomic E-state index is 6.05. The standard InChI is InChI=1S/C16H16Cl3NO3/c1-21-14-4-2-3-10(9-20)15(14)22-5-6-23-16-12(18)7-11(17)8-13(16)19/h2-4,7-8H,5-6,9,20H2,1H3. The van der Waals surface area contributed by atoms with Crippen molar-refractivity contribution in [2.24, 2.45) is 5.73 Å². The largest absolute Gasteiger partial charge is 0.493 e. The quantitative estimate of drug-likeness (QED) is 0.719. The van der Waals surface area contributed by atoms with Crippen LogP contribution in [0.2, 0.25) is 15.1 Å². The van der Waals surface area contributed by atoms with Gasteiger partial charge in [0.1, 0.15) is 13.2 Å². The van der Waals surface area contributed by atoms with Gasteiger partial charge in [-0.1, -0.05) is 46.9 Å². The summed E-state index contributed by atoms with van der Waals surface area (Å²) in [6.45, 7) is 0.883. The van der Waals surface area contributed by atoms with Crippen LogP contribution in [0.15, 0.2) is 30.3 Å². The van der Waals surface area contributed by atoms with Crippen LogP contribution in [0.3, 0.4) is 0 Å². The maximum atomic E-state index is 6.05. The summed E-state index contributed by atoms with van der Waals surface area (Å²) in [7, 11) is 1.58. The fourth-order valence-corrected chi connectivity index (χ4v) is 2.93. The Hall–Kier alpha value is -1.33. The zero-order valence-corrected chi connectivity index (χ0v) is 14.7. The molecule has 0 unspecified atom stereocenters. The summed E-state index contributed by atoms with van der Waals surface area (Å²) in [6.07, 6.45) is 0. The van der Waals surface area contributed by atoms with Crippen molar-refractivity contribution in [1.29, 1.82) is 0 Å². The molecule has 0 amide bonds. The van der Waals surface area contributed by atoms with Crippen LogP contribution >= 0.6 is 34.8 Å². The molecule has 2 rings (SSSR count). The first-order valence-corrected chi connectivity index (χ1v) is 7.96. The molecular formula is C16H16Cl3NO3. The van der Waals surface area contributed by atoms with E-state index in [9.17, 15) is 0 Å². The lowest BCUT2D eigenvalue weighted by Crippen LogP contribution is -2.12. The van der Waals surface area contributed by atoms with Gasteiger partial charge in [0.05, 0.1) is 17.2 Å². The van der Waals surface area contributed by atoms with Crippen molar-refractivity contribution >= 4 is 34.8 Å². The molecule has 2 aromatic rings. The van der Waals surface area contributed by atoms with E-state index in [0.29, 0.717) is 38.9 Å². The van der Waals surface area contributed by atoms with Crippen LogP contribution in [0, 0.1) is 0 Å². The summed E-state index contributed by atoms with van der Waals surface area (Å²) < 4.78 is 16.6. The molecule has 2 aromatic carbocycles. The van der Waals surface area contributed by atoms with Crippen molar-refractivity contribution in [1.82, 2.24) is 0 Å². The molecule has 0 aliphatic rings. The van der Waals surface area contributed by atoms with E-state index in [1.165, 1.54) is 0 Å². The molecule has 0 atom stereocenters. The van der Waals surface area contributed by atoms with E-state index in [-0.39, 0.29) is 13.2 Å². The van der Waals surface area contributed by atoms with E-state index >= 15 is 0 Å². The van der Waals surface area contributed by atoms with Crippen molar-refractivity contribution in [3.05, 3.63) is 51.0 Å². The van der Waals surface area contributed by atoms with Gasteiger partial charge in [-0.2, -0.15) is 0 Å². The number of methoxy groups -OCH3 is 1. The molecule has 0 aliphatic carbocycles. The van der Waals surface area contributed by atoms with E-state index in [0.717, 1.165) is 5.56 Å². The highest BCUT2D eigenvalue weighted by Crippen LogP contribution is 2.36. The molecule has 2 N–H and O–H groups in total. The van der Waals surface area contributed by atoms with E-state index in [1.807, 2.05) is 18.2 Å². The molecule has 0 aliphatic heterocycles. The minimum atomic E-state index is 0.253. The highest BCUT2D eigenvalue weighted by Gasteiger charge is 2.11. The second-order valence-corrected chi connectivity index (χ2v) is 5.80. The van der Waals surface area contributed by atoms with Gasteiger partial charge in [-0.25, -0.2) is 0 Å². The Labute approximate surface area is 150 Å². The molecule has 0 saturated carbocycles. The highest BCUT2D eigenvalue weighted by molar-refractivity contribution is 6.40. The monoisotopic (exact) mass is 375 g/mol. The molecule has 7 heteroatoms. The van der Waals surface area contributed by atoms with Crippen LogP contribution in [0.1, 0.15) is 5.56 Å². The maximum Gasteiger partial charge on any atom is 0.165 e. The average Bonchev–Trinajstić information content (AvgIpc) is 2.53. The van der Waals surface area contributed by atoms with Crippen molar-refractivity contribution in [2.45, 2.75) is 6.54 Å². The van der Waals surface area contributed by atoms with Gasteiger partial charge in [0.25, 0.3) is 0 Å². The lowest BCUT2D eigenvalue weighted by Gasteiger charge is -2.15. The summed E-state index contributed by atoms with van der Waals surface area (Å²) in [4.78, 5) is 0. The Morgan fingerprint density at radius 2 is 1.57 bits per heavy atom.